The highest BCUT2D eigenvalue weighted by Crippen LogP contribution is 2.22. The number of anilines is 1. The van der Waals surface area contributed by atoms with Gasteiger partial charge in [0.2, 0.25) is 0 Å². The molecule has 1 aromatic heterocycles. The van der Waals surface area contributed by atoms with Crippen LogP contribution in [0.4, 0.5) is 5.69 Å². The summed E-state index contributed by atoms with van der Waals surface area (Å²) in [7, 11) is 0. The summed E-state index contributed by atoms with van der Waals surface area (Å²) in [6.45, 7) is 5.34. The monoisotopic (exact) mass is 323 g/mol. The molecule has 5 heteroatoms. The number of aryl methyl sites for hydroxylation is 1. The smallest absolute Gasteiger partial charge is 0.255 e. The second-order valence-corrected chi connectivity index (χ2v) is 6.12. The number of nitrogens with zero attached hydrogens (tertiary/aromatic N) is 2. The van der Waals surface area contributed by atoms with Gasteiger partial charge in [-0.3, -0.25) is 14.6 Å². The Balaban J connectivity index is 1.82. The van der Waals surface area contributed by atoms with Gasteiger partial charge in [0.25, 0.3) is 11.8 Å². The molecule has 1 aliphatic rings. The van der Waals surface area contributed by atoms with Crippen LogP contribution in [0, 0.1) is 13.8 Å². The number of hydrogen-bond donors (Lipinski definition) is 1. The molecule has 0 unspecified atom stereocenters. The molecule has 0 spiro atoms. The van der Waals surface area contributed by atoms with Crippen LogP contribution in [0.1, 0.15) is 44.8 Å². The predicted octanol–water partition coefficient (Wildman–Crippen LogP) is 3.19. The van der Waals surface area contributed by atoms with E-state index in [0.717, 1.165) is 37.2 Å². The SMILES string of the molecule is Cc1cc(C(=O)Nc2cccc(C(=O)N3CCCC3)c2C)ccn1. The van der Waals surface area contributed by atoms with E-state index in [0.29, 0.717) is 16.8 Å². The number of carbonyl (C=O) groups is 2. The molecule has 24 heavy (non-hydrogen) atoms. The maximum absolute atomic E-state index is 12.6. The lowest BCUT2D eigenvalue weighted by atomic mass is 10.0. The Labute approximate surface area is 141 Å². The first-order chi connectivity index (χ1) is 11.6. The lowest BCUT2D eigenvalue weighted by Gasteiger charge is -2.18. The minimum absolute atomic E-state index is 0.0425. The van der Waals surface area contributed by atoms with E-state index < -0.39 is 0 Å². The fourth-order valence-electron chi connectivity index (χ4n) is 2.97. The van der Waals surface area contributed by atoms with Crippen molar-refractivity contribution in [1.82, 2.24) is 9.88 Å². The molecule has 3 rings (SSSR count). The third kappa shape index (κ3) is 3.30. The van der Waals surface area contributed by atoms with Crippen molar-refractivity contribution in [2.24, 2.45) is 0 Å². The van der Waals surface area contributed by atoms with Crippen molar-refractivity contribution in [3.05, 3.63) is 58.9 Å². The largest absolute Gasteiger partial charge is 0.339 e. The Bertz CT molecular complexity index is 780. The highest BCUT2D eigenvalue weighted by Gasteiger charge is 2.22. The molecule has 0 aliphatic carbocycles. The molecule has 5 nitrogen and oxygen atoms in total. The molecule has 1 N–H and O–H groups in total. The van der Waals surface area contributed by atoms with Gasteiger partial charge in [-0.1, -0.05) is 6.07 Å². The number of hydrogen-bond acceptors (Lipinski definition) is 3. The summed E-state index contributed by atoms with van der Waals surface area (Å²) in [5.41, 5.74) is 3.46. The van der Waals surface area contributed by atoms with Crippen molar-refractivity contribution in [2.45, 2.75) is 26.7 Å². The number of aromatic nitrogens is 1. The maximum Gasteiger partial charge on any atom is 0.255 e. The van der Waals surface area contributed by atoms with Crippen LogP contribution < -0.4 is 5.32 Å². The average molecular weight is 323 g/mol. The fraction of sp³-hybridized carbons (Fsp3) is 0.316. The van der Waals surface area contributed by atoms with Crippen LogP contribution in [-0.4, -0.2) is 34.8 Å². The van der Waals surface area contributed by atoms with E-state index in [-0.39, 0.29) is 11.8 Å². The quantitative estimate of drug-likeness (QED) is 0.943. The molecule has 2 heterocycles. The van der Waals surface area contributed by atoms with Crippen molar-refractivity contribution >= 4 is 17.5 Å². The van der Waals surface area contributed by atoms with Gasteiger partial charge in [-0.05, 0) is 56.5 Å². The second-order valence-electron chi connectivity index (χ2n) is 6.12. The third-order valence-electron chi connectivity index (χ3n) is 4.36. The number of rotatable bonds is 3. The van der Waals surface area contributed by atoms with Crippen molar-refractivity contribution in [1.29, 1.82) is 0 Å². The van der Waals surface area contributed by atoms with Gasteiger partial charge in [-0.25, -0.2) is 0 Å². The molecule has 124 valence electrons. The molecule has 2 amide bonds. The van der Waals surface area contributed by atoms with Crippen LogP contribution in [0.3, 0.4) is 0 Å². The van der Waals surface area contributed by atoms with E-state index in [9.17, 15) is 9.59 Å². The topological polar surface area (TPSA) is 62.3 Å². The standard InChI is InChI=1S/C19H21N3O2/c1-13-12-15(8-9-20-13)18(23)21-17-7-5-6-16(14(17)2)19(24)22-10-3-4-11-22/h5-9,12H,3-4,10-11H2,1-2H3,(H,21,23). The molecule has 2 aromatic rings. The molecule has 0 saturated carbocycles. The number of benzene rings is 1. The van der Waals surface area contributed by atoms with Gasteiger partial charge in [0.1, 0.15) is 0 Å². The van der Waals surface area contributed by atoms with E-state index in [1.807, 2.05) is 36.9 Å². The summed E-state index contributed by atoms with van der Waals surface area (Å²) in [6.07, 6.45) is 3.73. The molecule has 0 radical (unpaired) electrons. The number of carbonyl (C=O) groups excluding carboxylic acids is 2. The van der Waals surface area contributed by atoms with Gasteiger partial charge in [0.15, 0.2) is 0 Å². The second kappa shape index (κ2) is 6.83. The normalized spacial score (nSPS) is 13.8. The number of pyridine rings is 1. The Morgan fingerprint density at radius 2 is 1.88 bits per heavy atom. The Morgan fingerprint density at radius 1 is 1.12 bits per heavy atom. The van der Waals surface area contributed by atoms with E-state index in [2.05, 4.69) is 10.3 Å². The predicted molar refractivity (Wildman–Crippen MR) is 93.2 cm³/mol. The fourth-order valence-corrected chi connectivity index (χ4v) is 2.97. The minimum Gasteiger partial charge on any atom is -0.339 e. The van der Waals surface area contributed by atoms with E-state index in [1.165, 1.54) is 0 Å². The molecule has 1 saturated heterocycles. The van der Waals surface area contributed by atoms with Crippen molar-refractivity contribution in [3.8, 4) is 0 Å². The highest BCUT2D eigenvalue weighted by atomic mass is 16.2. The Morgan fingerprint density at radius 3 is 2.58 bits per heavy atom. The minimum atomic E-state index is -0.200. The summed E-state index contributed by atoms with van der Waals surface area (Å²) in [5.74, 6) is -0.157. The molecule has 1 aliphatic heterocycles. The van der Waals surface area contributed by atoms with E-state index in [1.54, 1.807) is 18.3 Å². The molecular formula is C19H21N3O2. The summed E-state index contributed by atoms with van der Waals surface area (Å²) in [5, 5.41) is 2.90. The summed E-state index contributed by atoms with van der Waals surface area (Å²) in [4.78, 5) is 31.0. The first-order valence-electron chi connectivity index (χ1n) is 8.19. The van der Waals surface area contributed by atoms with Crippen molar-refractivity contribution < 1.29 is 9.59 Å². The van der Waals surface area contributed by atoms with Gasteiger partial charge in [-0.15, -0.1) is 0 Å². The van der Waals surface area contributed by atoms with Crippen molar-refractivity contribution in [3.63, 3.8) is 0 Å². The summed E-state index contributed by atoms with van der Waals surface area (Å²) >= 11 is 0. The summed E-state index contributed by atoms with van der Waals surface area (Å²) < 4.78 is 0. The van der Waals surface area contributed by atoms with Crippen LogP contribution in [0.15, 0.2) is 36.5 Å². The van der Waals surface area contributed by atoms with Crippen molar-refractivity contribution in [2.75, 3.05) is 18.4 Å². The van der Waals surface area contributed by atoms with Gasteiger partial charge in [-0.2, -0.15) is 0 Å². The molecule has 0 bridgehead atoms. The average Bonchev–Trinajstić information content (AvgIpc) is 3.10. The highest BCUT2D eigenvalue weighted by molar-refractivity contribution is 6.06. The lowest BCUT2D eigenvalue weighted by molar-refractivity contribution is 0.0791. The van der Waals surface area contributed by atoms with Gasteiger partial charge in [0, 0.05) is 41.8 Å². The maximum atomic E-state index is 12.6. The number of likely N-dealkylation sites (tertiary alicyclic amines) is 1. The Hall–Kier alpha value is -2.69. The first kappa shape index (κ1) is 16.2. The van der Waals surface area contributed by atoms with Crippen LogP contribution in [0.5, 0.6) is 0 Å². The zero-order valence-electron chi connectivity index (χ0n) is 14.0. The van der Waals surface area contributed by atoms with Crippen LogP contribution >= 0.6 is 0 Å². The van der Waals surface area contributed by atoms with Gasteiger partial charge in [0.05, 0.1) is 0 Å². The van der Waals surface area contributed by atoms with Gasteiger partial charge < -0.3 is 10.2 Å². The molecular weight excluding hydrogens is 302 g/mol. The summed E-state index contributed by atoms with van der Waals surface area (Å²) in [6, 6.07) is 8.87. The number of amides is 2. The van der Waals surface area contributed by atoms with Crippen LogP contribution in [0.25, 0.3) is 0 Å². The van der Waals surface area contributed by atoms with E-state index in [4.69, 9.17) is 0 Å². The van der Waals surface area contributed by atoms with Crippen LogP contribution in [-0.2, 0) is 0 Å². The lowest BCUT2D eigenvalue weighted by Crippen LogP contribution is -2.28. The zero-order valence-corrected chi connectivity index (χ0v) is 14.0. The third-order valence-corrected chi connectivity index (χ3v) is 4.36. The Kier molecular flexibility index (Phi) is 4.60. The number of nitrogens with one attached hydrogen (secondary N) is 1. The molecule has 0 atom stereocenters. The molecule has 1 fully saturated rings. The van der Waals surface area contributed by atoms with Gasteiger partial charge >= 0.3 is 0 Å². The van der Waals surface area contributed by atoms with Crippen LogP contribution in [0.2, 0.25) is 0 Å². The molecule has 1 aromatic carbocycles. The zero-order chi connectivity index (χ0) is 17.1. The van der Waals surface area contributed by atoms with E-state index >= 15 is 0 Å². The first-order valence-corrected chi connectivity index (χ1v) is 8.19.